The Labute approximate surface area is 132 Å². The summed E-state index contributed by atoms with van der Waals surface area (Å²) in [5.74, 6) is 0.529. The van der Waals surface area contributed by atoms with E-state index in [1.54, 1.807) is 9.58 Å². The largest absolute Gasteiger partial charge is 0.416 e. The van der Waals surface area contributed by atoms with Gasteiger partial charge in [-0.2, -0.15) is 23.3 Å². The van der Waals surface area contributed by atoms with E-state index in [2.05, 4.69) is 10.1 Å². The maximum absolute atomic E-state index is 12.6. The van der Waals surface area contributed by atoms with Crippen LogP contribution in [0.25, 0.3) is 0 Å². The monoisotopic (exact) mass is 328 g/mol. The van der Waals surface area contributed by atoms with E-state index >= 15 is 0 Å². The average molecular weight is 328 g/mol. The summed E-state index contributed by atoms with van der Waals surface area (Å²) in [5.41, 5.74) is -0.0983. The normalized spacial score (nSPS) is 17.3. The van der Waals surface area contributed by atoms with Crippen LogP contribution in [-0.2, 0) is 12.7 Å². The van der Waals surface area contributed by atoms with E-state index in [-0.39, 0.29) is 12.5 Å². The maximum atomic E-state index is 12.6. The fourth-order valence-electron chi connectivity index (χ4n) is 2.40. The summed E-state index contributed by atoms with van der Waals surface area (Å²) < 4.78 is 39.4. The molecule has 2 heterocycles. The minimum atomic E-state index is -4.35. The summed E-state index contributed by atoms with van der Waals surface area (Å²) >= 11 is 0. The molecule has 0 saturated heterocycles. The molecular formula is C15H19F3N4O. The molecule has 2 aromatic rings. The van der Waals surface area contributed by atoms with E-state index in [1.165, 1.54) is 18.5 Å². The molecule has 0 saturated carbocycles. The third kappa shape index (κ3) is 3.64. The van der Waals surface area contributed by atoms with E-state index in [1.807, 2.05) is 13.8 Å². The molecule has 23 heavy (non-hydrogen) atoms. The van der Waals surface area contributed by atoms with Crippen LogP contribution >= 0.6 is 0 Å². The van der Waals surface area contributed by atoms with Crippen molar-refractivity contribution in [3.05, 3.63) is 36.2 Å². The van der Waals surface area contributed by atoms with E-state index < -0.39 is 11.7 Å². The highest BCUT2D eigenvalue weighted by molar-refractivity contribution is 5.58. The lowest BCUT2D eigenvalue weighted by Crippen LogP contribution is -2.37. The van der Waals surface area contributed by atoms with Gasteiger partial charge in [-0.15, -0.1) is 0 Å². The number of hydrogen-bond acceptors (Lipinski definition) is 4. The van der Waals surface area contributed by atoms with Crippen molar-refractivity contribution in [3.63, 3.8) is 0 Å². The number of aliphatic hydroxyl groups excluding tert-OH is 1. The summed E-state index contributed by atoms with van der Waals surface area (Å²) in [4.78, 5) is 5.89. The first-order valence-corrected chi connectivity index (χ1v) is 7.42. The molecule has 1 unspecified atom stereocenters. The van der Waals surface area contributed by atoms with Crippen molar-refractivity contribution in [1.82, 2.24) is 14.8 Å². The van der Waals surface area contributed by atoms with Crippen molar-refractivity contribution in [2.24, 2.45) is 5.92 Å². The van der Waals surface area contributed by atoms with Crippen LogP contribution in [0.5, 0.6) is 0 Å². The first kappa shape index (κ1) is 17.3. The molecule has 5 nitrogen and oxygen atoms in total. The maximum Gasteiger partial charge on any atom is 0.416 e. The van der Waals surface area contributed by atoms with Gasteiger partial charge in [0.05, 0.1) is 12.1 Å². The van der Waals surface area contributed by atoms with Crippen LogP contribution in [0.2, 0.25) is 0 Å². The Hall–Kier alpha value is -2.09. The lowest BCUT2D eigenvalue weighted by molar-refractivity contribution is -0.137. The molecule has 0 aliphatic carbocycles. The van der Waals surface area contributed by atoms with Gasteiger partial charge < -0.3 is 10.0 Å². The van der Waals surface area contributed by atoms with Crippen LogP contribution in [0.1, 0.15) is 19.4 Å². The number of benzene rings is 1. The lowest BCUT2D eigenvalue weighted by atomic mass is 10.1. The molecule has 0 fully saturated rings. The lowest BCUT2D eigenvalue weighted by Gasteiger charge is -2.32. The highest BCUT2D eigenvalue weighted by atomic mass is 19.4. The second kappa shape index (κ2) is 6.99. The molecule has 0 amide bonds. The second-order valence-corrected chi connectivity index (χ2v) is 4.95. The number of alkyl halides is 3. The van der Waals surface area contributed by atoms with Gasteiger partial charge in [-0.3, -0.25) is 0 Å². The Morgan fingerprint density at radius 2 is 1.83 bits per heavy atom. The van der Waals surface area contributed by atoms with Crippen LogP contribution < -0.4 is 4.90 Å². The van der Waals surface area contributed by atoms with Crippen molar-refractivity contribution in [2.75, 3.05) is 18.1 Å². The minimum absolute atomic E-state index is 0.0174. The number of hydrogen-bond donors (Lipinski definition) is 1. The molecule has 1 aliphatic rings. The molecule has 1 atom stereocenters. The zero-order valence-corrected chi connectivity index (χ0v) is 13.0. The predicted octanol–water partition coefficient (Wildman–Crippen LogP) is 3.08. The van der Waals surface area contributed by atoms with Gasteiger partial charge in [-0.05, 0) is 24.3 Å². The first-order valence-electron chi connectivity index (χ1n) is 7.42. The number of halogens is 3. The number of rotatable bonds is 2. The first-order chi connectivity index (χ1) is 11.0. The van der Waals surface area contributed by atoms with Gasteiger partial charge in [0.15, 0.2) is 0 Å². The molecule has 0 bridgehead atoms. The Kier molecular flexibility index (Phi) is 5.25. The molecule has 1 aromatic carbocycles. The molecule has 8 heteroatoms. The second-order valence-electron chi connectivity index (χ2n) is 4.95. The molecule has 126 valence electrons. The smallest absolute Gasteiger partial charge is 0.396 e. The van der Waals surface area contributed by atoms with Crippen LogP contribution in [0.3, 0.4) is 0 Å². The third-order valence-corrected chi connectivity index (χ3v) is 3.47. The molecule has 0 spiro atoms. The number of aromatic nitrogens is 3. The molecule has 3 rings (SSSR count). The third-order valence-electron chi connectivity index (χ3n) is 3.47. The van der Waals surface area contributed by atoms with Crippen molar-refractivity contribution >= 4 is 11.6 Å². The molecular weight excluding hydrogens is 309 g/mol. The van der Waals surface area contributed by atoms with Crippen LogP contribution in [0.4, 0.5) is 24.8 Å². The number of nitrogens with zero attached hydrogens (tertiary/aromatic N) is 4. The number of fused-ring (bicyclic) bond motifs is 1. The number of aliphatic hydroxyl groups is 1. The van der Waals surface area contributed by atoms with E-state index in [0.29, 0.717) is 24.7 Å². The van der Waals surface area contributed by atoms with Crippen LogP contribution in [-0.4, -0.2) is 33.0 Å². The van der Waals surface area contributed by atoms with Crippen molar-refractivity contribution in [3.8, 4) is 0 Å². The SMILES string of the molecule is CC.OCC1CN(c2ccc(C(F)(F)F)cc2)c2ncnn2C1. The molecule has 1 aliphatic heterocycles. The van der Waals surface area contributed by atoms with Gasteiger partial charge in [-0.25, -0.2) is 4.68 Å². The Morgan fingerprint density at radius 3 is 2.39 bits per heavy atom. The summed E-state index contributed by atoms with van der Waals surface area (Å²) in [5, 5.41) is 13.4. The zero-order valence-electron chi connectivity index (χ0n) is 13.0. The fourth-order valence-corrected chi connectivity index (χ4v) is 2.40. The average Bonchev–Trinajstić information content (AvgIpc) is 3.03. The summed E-state index contributed by atoms with van der Waals surface area (Å²) in [7, 11) is 0. The van der Waals surface area contributed by atoms with Crippen LogP contribution in [0.15, 0.2) is 30.6 Å². The molecule has 0 radical (unpaired) electrons. The molecule has 1 aromatic heterocycles. The Morgan fingerprint density at radius 1 is 1.17 bits per heavy atom. The minimum Gasteiger partial charge on any atom is -0.396 e. The van der Waals surface area contributed by atoms with E-state index in [0.717, 1.165) is 12.1 Å². The van der Waals surface area contributed by atoms with Gasteiger partial charge in [0.1, 0.15) is 6.33 Å². The standard InChI is InChI=1S/C13H13F3N4O.C2H6/c14-13(15,16)10-1-3-11(4-2-10)19-5-9(7-21)6-20-12(19)17-8-18-20;1-2/h1-4,8-9,21H,5-7H2;1-2H3. The Bertz CT molecular complexity index is 624. The topological polar surface area (TPSA) is 54.2 Å². The zero-order chi connectivity index (χ0) is 17.0. The Balaban J connectivity index is 0.000000924. The van der Waals surface area contributed by atoms with Gasteiger partial charge in [0.2, 0.25) is 5.95 Å². The van der Waals surface area contributed by atoms with Gasteiger partial charge in [-0.1, -0.05) is 13.8 Å². The quantitative estimate of drug-likeness (QED) is 0.920. The van der Waals surface area contributed by atoms with Gasteiger partial charge in [0.25, 0.3) is 0 Å². The summed E-state index contributed by atoms with van der Waals surface area (Å²) in [6, 6.07) is 4.89. The van der Waals surface area contributed by atoms with Crippen molar-refractivity contribution < 1.29 is 18.3 Å². The van der Waals surface area contributed by atoms with Gasteiger partial charge in [0, 0.05) is 24.8 Å². The molecule has 1 N–H and O–H groups in total. The van der Waals surface area contributed by atoms with Crippen LogP contribution in [0, 0.1) is 5.92 Å². The summed E-state index contributed by atoms with van der Waals surface area (Å²) in [6.07, 6.45) is -2.96. The van der Waals surface area contributed by atoms with Gasteiger partial charge >= 0.3 is 6.18 Å². The number of anilines is 2. The van der Waals surface area contributed by atoms with Crippen molar-refractivity contribution in [1.29, 1.82) is 0 Å². The summed E-state index contributed by atoms with van der Waals surface area (Å²) in [6.45, 7) is 5.01. The van der Waals surface area contributed by atoms with E-state index in [9.17, 15) is 18.3 Å². The van der Waals surface area contributed by atoms with Crippen molar-refractivity contribution in [2.45, 2.75) is 26.6 Å². The predicted molar refractivity (Wildman–Crippen MR) is 80.4 cm³/mol. The highest BCUT2D eigenvalue weighted by Gasteiger charge is 2.31. The van der Waals surface area contributed by atoms with E-state index in [4.69, 9.17) is 0 Å². The fraction of sp³-hybridized carbons (Fsp3) is 0.467. The highest BCUT2D eigenvalue weighted by Crippen LogP contribution is 2.33.